The highest BCUT2D eigenvalue weighted by Crippen LogP contribution is 2.24. The van der Waals surface area contributed by atoms with E-state index in [1.807, 2.05) is 0 Å². The molecule has 2 N–H and O–H groups in total. The molecule has 20 heavy (non-hydrogen) atoms. The summed E-state index contributed by atoms with van der Waals surface area (Å²) >= 11 is 0. The van der Waals surface area contributed by atoms with Gasteiger partial charge in [-0.1, -0.05) is 6.92 Å². The molecule has 1 fully saturated rings. The highest BCUT2D eigenvalue weighted by Gasteiger charge is 2.22. The minimum atomic E-state index is -0.154. The van der Waals surface area contributed by atoms with Gasteiger partial charge in [0.2, 0.25) is 0 Å². The highest BCUT2D eigenvalue weighted by molar-refractivity contribution is 5.50. The molecular weight excluding hydrogens is 253 g/mol. The molecule has 0 saturated carbocycles. The lowest BCUT2D eigenvalue weighted by Gasteiger charge is -2.32. The predicted molar refractivity (Wildman–Crippen MR) is 82.7 cm³/mol. The molecule has 1 unspecified atom stereocenters. The molecule has 0 radical (unpaired) electrons. The van der Waals surface area contributed by atoms with Gasteiger partial charge < -0.3 is 15.5 Å². The molecule has 0 aliphatic carbocycles. The number of nitrogens with two attached hydrogens (primary N) is 1. The van der Waals surface area contributed by atoms with Crippen LogP contribution in [0.4, 0.5) is 10.1 Å². The predicted octanol–water partition coefficient (Wildman–Crippen LogP) is 2.25. The molecule has 0 spiro atoms. The smallest absolute Gasteiger partial charge is 0.125 e. The van der Waals surface area contributed by atoms with Crippen LogP contribution >= 0.6 is 0 Å². The summed E-state index contributed by atoms with van der Waals surface area (Å²) in [5.41, 5.74) is 7.60. The average molecular weight is 279 g/mol. The lowest BCUT2D eigenvalue weighted by Crippen LogP contribution is -2.39. The summed E-state index contributed by atoms with van der Waals surface area (Å²) < 4.78 is 13.8. The molecule has 1 heterocycles. The molecule has 0 bridgehead atoms. The van der Waals surface area contributed by atoms with E-state index in [9.17, 15) is 4.39 Å². The van der Waals surface area contributed by atoms with Gasteiger partial charge in [-0.15, -0.1) is 0 Å². The first-order chi connectivity index (χ1) is 9.63. The van der Waals surface area contributed by atoms with Crippen LogP contribution in [0.15, 0.2) is 18.2 Å². The second-order valence-electron chi connectivity index (χ2n) is 5.73. The minimum absolute atomic E-state index is 0.154. The second-order valence-corrected chi connectivity index (χ2v) is 5.73. The van der Waals surface area contributed by atoms with Gasteiger partial charge in [-0.25, -0.2) is 4.39 Å². The lowest BCUT2D eigenvalue weighted by atomic mass is 10.1. The van der Waals surface area contributed by atoms with Crippen molar-refractivity contribution in [2.45, 2.75) is 32.2 Å². The number of rotatable bonds is 4. The Morgan fingerprint density at radius 1 is 1.30 bits per heavy atom. The molecule has 1 aliphatic heterocycles. The maximum absolute atomic E-state index is 13.8. The van der Waals surface area contributed by atoms with Crippen LogP contribution in [0.3, 0.4) is 0 Å². The summed E-state index contributed by atoms with van der Waals surface area (Å²) in [6.45, 7) is 5.91. The summed E-state index contributed by atoms with van der Waals surface area (Å²) in [6.07, 6.45) is 2.93. The SMILES string of the molecule is CCC1CN(C)CCCN1c1cc(F)cc(CCN)c1. The topological polar surface area (TPSA) is 32.5 Å². The molecule has 1 aliphatic rings. The second kappa shape index (κ2) is 7.04. The van der Waals surface area contributed by atoms with Gasteiger partial charge in [0.25, 0.3) is 0 Å². The van der Waals surface area contributed by atoms with Crippen molar-refractivity contribution in [1.82, 2.24) is 4.90 Å². The molecule has 1 atom stereocenters. The normalized spacial score (nSPS) is 21.0. The first-order valence-electron chi connectivity index (χ1n) is 7.58. The summed E-state index contributed by atoms with van der Waals surface area (Å²) in [7, 11) is 2.16. The van der Waals surface area contributed by atoms with Crippen LogP contribution in [0.2, 0.25) is 0 Å². The van der Waals surface area contributed by atoms with E-state index >= 15 is 0 Å². The van der Waals surface area contributed by atoms with E-state index in [1.54, 1.807) is 12.1 Å². The number of hydrogen-bond donors (Lipinski definition) is 1. The van der Waals surface area contributed by atoms with Gasteiger partial charge in [-0.3, -0.25) is 0 Å². The van der Waals surface area contributed by atoms with E-state index < -0.39 is 0 Å². The van der Waals surface area contributed by atoms with E-state index in [4.69, 9.17) is 5.73 Å². The van der Waals surface area contributed by atoms with Crippen LogP contribution in [-0.4, -0.2) is 44.2 Å². The Kier molecular flexibility index (Phi) is 5.38. The fourth-order valence-corrected chi connectivity index (χ4v) is 3.04. The van der Waals surface area contributed by atoms with Crippen molar-refractivity contribution in [3.63, 3.8) is 0 Å². The molecule has 1 aromatic rings. The lowest BCUT2D eigenvalue weighted by molar-refractivity contribution is 0.328. The molecule has 2 rings (SSSR count). The van der Waals surface area contributed by atoms with Crippen molar-refractivity contribution in [3.8, 4) is 0 Å². The average Bonchev–Trinajstić information content (AvgIpc) is 2.59. The zero-order valence-electron chi connectivity index (χ0n) is 12.6. The largest absolute Gasteiger partial charge is 0.367 e. The monoisotopic (exact) mass is 279 g/mol. The Labute approximate surface area is 121 Å². The first kappa shape index (κ1) is 15.3. The number of nitrogens with zero attached hydrogens (tertiary/aromatic N) is 2. The van der Waals surface area contributed by atoms with Crippen molar-refractivity contribution in [2.24, 2.45) is 5.73 Å². The molecule has 3 nitrogen and oxygen atoms in total. The third kappa shape index (κ3) is 3.70. The van der Waals surface area contributed by atoms with Gasteiger partial charge in [0.05, 0.1) is 0 Å². The van der Waals surface area contributed by atoms with Gasteiger partial charge in [-0.05, 0) is 63.2 Å². The summed E-state index contributed by atoms with van der Waals surface area (Å²) in [5, 5.41) is 0. The Balaban J connectivity index is 2.27. The van der Waals surface area contributed by atoms with Crippen molar-refractivity contribution in [2.75, 3.05) is 38.1 Å². The summed E-state index contributed by atoms with van der Waals surface area (Å²) in [5.74, 6) is -0.154. The summed E-state index contributed by atoms with van der Waals surface area (Å²) in [6, 6.07) is 5.81. The molecular formula is C16H26FN3. The maximum atomic E-state index is 13.8. The van der Waals surface area contributed by atoms with E-state index in [1.165, 1.54) is 0 Å². The zero-order valence-corrected chi connectivity index (χ0v) is 12.6. The standard InChI is InChI=1S/C16H26FN3/c1-3-15-12-19(2)7-4-8-20(15)16-10-13(5-6-18)9-14(17)11-16/h9-11,15H,3-8,12,18H2,1-2H3. The van der Waals surface area contributed by atoms with Crippen LogP contribution in [-0.2, 0) is 6.42 Å². The van der Waals surface area contributed by atoms with Crippen LogP contribution in [0, 0.1) is 5.82 Å². The number of anilines is 1. The fourth-order valence-electron chi connectivity index (χ4n) is 3.04. The van der Waals surface area contributed by atoms with Crippen LogP contribution in [0.25, 0.3) is 0 Å². The van der Waals surface area contributed by atoms with Crippen molar-refractivity contribution in [1.29, 1.82) is 0 Å². The number of likely N-dealkylation sites (N-methyl/N-ethyl adjacent to an activating group) is 1. The minimum Gasteiger partial charge on any atom is -0.367 e. The third-order valence-corrected chi connectivity index (χ3v) is 4.08. The fraction of sp³-hybridized carbons (Fsp3) is 0.625. The Morgan fingerprint density at radius 2 is 2.10 bits per heavy atom. The Bertz CT molecular complexity index is 436. The number of halogens is 1. The molecule has 4 heteroatoms. The molecule has 1 aromatic carbocycles. The molecule has 112 valence electrons. The van der Waals surface area contributed by atoms with Crippen LogP contribution in [0.5, 0.6) is 0 Å². The van der Waals surface area contributed by atoms with Crippen molar-refractivity contribution >= 4 is 5.69 Å². The molecule has 1 saturated heterocycles. The zero-order chi connectivity index (χ0) is 14.5. The Morgan fingerprint density at radius 3 is 2.80 bits per heavy atom. The van der Waals surface area contributed by atoms with Gasteiger partial charge in [0.1, 0.15) is 5.82 Å². The molecule has 0 aromatic heterocycles. The maximum Gasteiger partial charge on any atom is 0.125 e. The van der Waals surface area contributed by atoms with E-state index in [2.05, 4.69) is 29.8 Å². The Hall–Kier alpha value is -1.13. The quantitative estimate of drug-likeness (QED) is 0.917. The number of hydrogen-bond acceptors (Lipinski definition) is 3. The summed E-state index contributed by atoms with van der Waals surface area (Å²) in [4.78, 5) is 4.74. The third-order valence-electron chi connectivity index (χ3n) is 4.08. The highest BCUT2D eigenvalue weighted by atomic mass is 19.1. The van der Waals surface area contributed by atoms with Crippen LogP contribution < -0.4 is 10.6 Å². The van der Waals surface area contributed by atoms with Gasteiger partial charge in [0, 0.05) is 24.8 Å². The molecule has 0 amide bonds. The van der Waals surface area contributed by atoms with Crippen LogP contribution in [0.1, 0.15) is 25.3 Å². The van der Waals surface area contributed by atoms with Gasteiger partial charge in [0.15, 0.2) is 0 Å². The van der Waals surface area contributed by atoms with E-state index in [0.29, 0.717) is 12.6 Å². The van der Waals surface area contributed by atoms with E-state index in [-0.39, 0.29) is 5.82 Å². The first-order valence-corrected chi connectivity index (χ1v) is 7.58. The van der Waals surface area contributed by atoms with Gasteiger partial charge >= 0.3 is 0 Å². The van der Waals surface area contributed by atoms with Gasteiger partial charge in [-0.2, -0.15) is 0 Å². The van der Waals surface area contributed by atoms with Crippen molar-refractivity contribution in [3.05, 3.63) is 29.6 Å². The number of benzene rings is 1. The van der Waals surface area contributed by atoms with Crippen molar-refractivity contribution < 1.29 is 4.39 Å². The van der Waals surface area contributed by atoms with E-state index in [0.717, 1.165) is 50.1 Å².